The number of hydrogen-bond acceptors (Lipinski definition) is 4. The number of anilines is 1. The third-order valence-corrected chi connectivity index (χ3v) is 2.16. The second-order valence-corrected chi connectivity index (χ2v) is 3.56. The lowest BCUT2D eigenvalue weighted by atomic mass is 10.3. The topological polar surface area (TPSA) is 92.7 Å². The fourth-order valence-corrected chi connectivity index (χ4v) is 1.38. The SMILES string of the molecule is Cc1cc(NC(=O)c2ccc(=O)[nH]n2)n(C)n1. The van der Waals surface area contributed by atoms with Crippen LogP contribution in [0, 0.1) is 6.92 Å². The zero-order valence-electron chi connectivity index (χ0n) is 9.39. The summed E-state index contributed by atoms with van der Waals surface area (Å²) in [5, 5.41) is 12.6. The Hall–Kier alpha value is -2.44. The van der Waals surface area contributed by atoms with E-state index >= 15 is 0 Å². The van der Waals surface area contributed by atoms with Crippen LogP contribution in [0.3, 0.4) is 0 Å². The maximum absolute atomic E-state index is 11.8. The van der Waals surface area contributed by atoms with Gasteiger partial charge in [-0.15, -0.1) is 0 Å². The number of carbonyl (C=O) groups excluding carboxylic acids is 1. The van der Waals surface area contributed by atoms with Gasteiger partial charge in [-0.05, 0) is 13.0 Å². The molecular formula is C10H11N5O2. The quantitative estimate of drug-likeness (QED) is 0.767. The van der Waals surface area contributed by atoms with Crippen molar-refractivity contribution in [2.75, 3.05) is 5.32 Å². The van der Waals surface area contributed by atoms with Crippen LogP contribution in [0.4, 0.5) is 5.82 Å². The van der Waals surface area contributed by atoms with E-state index in [9.17, 15) is 9.59 Å². The molecule has 2 aromatic rings. The fraction of sp³-hybridized carbons (Fsp3) is 0.200. The monoisotopic (exact) mass is 233 g/mol. The van der Waals surface area contributed by atoms with E-state index < -0.39 is 5.91 Å². The molecule has 0 radical (unpaired) electrons. The largest absolute Gasteiger partial charge is 0.305 e. The highest BCUT2D eigenvalue weighted by Gasteiger charge is 2.10. The number of hydrogen-bond donors (Lipinski definition) is 2. The Morgan fingerprint density at radius 2 is 2.24 bits per heavy atom. The molecule has 0 unspecified atom stereocenters. The van der Waals surface area contributed by atoms with Gasteiger partial charge in [-0.2, -0.15) is 10.2 Å². The highest BCUT2D eigenvalue weighted by atomic mass is 16.2. The summed E-state index contributed by atoms with van der Waals surface area (Å²) >= 11 is 0. The third kappa shape index (κ3) is 2.39. The standard InChI is InChI=1S/C10H11N5O2/c1-6-5-8(15(2)14-6)11-10(17)7-3-4-9(16)13-12-7/h3-5H,1-2H3,(H,11,17)(H,13,16). The van der Waals surface area contributed by atoms with Crippen molar-refractivity contribution in [1.29, 1.82) is 0 Å². The van der Waals surface area contributed by atoms with Gasteiger partial charge in [0.2, 0.25) is 0 Å². The van der Waals surface area contributed by atoms with E-state index in [0.717, 1.165) is 5.69 Å². The number of carbonyl (C=O) groups is 1. The van der Waals surface area contributed by atoms with Crippen LogP contribution in [0.5, 0.6) is 0 Å². The van der Waals surface area contributed by atoms with Crippen LogP contribution in [-0.2, 0) is 7.05 Å². The summed E-state index contributed by atoms with van der Waals surface area (Å²) in [6.07, 6.45) is 0. The summed E-state index contributed by atoms with van der Waals surface area (Å²) in [5.74, 6) is 0.171. The average Bonchev–Trinajstić information content (AvgIpc) is 2.58. The molecule has 2 rings (SSSR count). The van der Waals surface area contributed by atoms with Crippen molar-refractivity contribution in [2.45, 2.75) is 6.92 Å². The Kier molecular flexibility index (Phi) is 2.73. The van der Waals surface area contributed by atoms with Crippen molar-refractivity contribution in [1.82, 2.24) is 20.0 Å². The van der Waals surface area contributed by atoms with Gasteiger partial charge in [-0.25, -0.2) is 5.10 Å². The van der Waals surface area contributed by atoms with Crippen LogP contribution in [0.1, 0.15) is 16.2 Å². The zero-order valence-corrected chi connectivity index (χ0v) is 9.39. The van der Waals surface area contributed by atoms with Crippen molar-refractivity contribution in [3.8, 4) is 0 Å². The minimum atomic E-state index is -0.399. The van der Waals surface area contributed by atoms with Crippen molar-refractivity contribution in [3.63, 3.8) is 0 Å². The molecule has 0 saturated heterocycles. The second kappa shape index (κ2) is 4.20. The minimum absolute atomic E-state index is 0.142. The number of H-pyrrole nitrogens is 1. The smallest absolute Gasteiger partial charge is 0.277 e. The number of aromatic nitrogens is 4. The van der Waals surface area contributed by atoms with Gasteiger partial charge >= 0.3 is 0 Å². The van der Waals surface area contributed by atoms with E-state index in [2.05, 4.69) is 20.6 Å². The molecule has 2 heterocycles. The molecule has 0 spiro atoms. The highest BCUT2D eigenvalue weighted by Crippen LogP contribution is 2.08. The molecule has 0 aliphatic heterocycles. The average molecular weight is 233 g/mol. The Bertz CT molecular complexity index is 593. The van der Waals surface area contributed by atoms with Gasteiger partial charge in [0.25, 0.3) is 11.5 Å². The third-order valence-electron chi connectivity index (χ3n) is 2.16. The van der Waals surface area contributed by atoms with Crippen LogP contribution < -0.4 is 10.9 Å². The normalized spacial score (nSPS) is 10.2. The van der Waals surface area contributed by atoms with Gasteiger partial charge in [-0.3, -0.25) is 14.3 Å². The number of aromatic amines is 1. The van der Waals surface area contributed by atoms with E-state index in [1.807, 2.05) is 6.92 Å². The Morgan fingerprint density at radius 3 is 2.76 bits per heavy atom. The fourth-order valence-electron chi connectivity index (χ4n) is 1.38. The Morgan fingerprint density at radius 1 is 1.47 bits per heavy atom. The molecule has 2 N–H and O–H groups in total. The molecule has 0 fully saturated rings. The summed E-state index contributed by atoms with van der Waals surface area (Å²) in [6, 6.07) is 4.34. The highest BCUT2D eigenvalue weighted by molar-refractivity contribution is 6.02. The first-order chi connectivity index (χ1) is 8.06. The second-order valence-electron chi connectivity index (χ2n) is 3.56. The van der Waals surface area contributed by atoms with Gasteiger partial charge < -0.3 is 5.32 Å². The van der Waals surface area contributed by atoms with Crippen molar-refractivity contribution in [3.05, 3.63) is 39.9 Å². The molecule has 0 aliphatic carbocycles. The summed E-state index contributed by atoms with van der Waals surface area (Å²) in [5.41, 5.74) is 0.596. The number of nitrogens with one attached hydrogen (secondary N) is 2. The van der Waals surface area contributed by atoms with Gasteiger partial charge in [0, 0.05) is 19.2 Å². The Labute approximate surface area is 96.5 Å². The van der Waals surface area contributed by atoms with Crippen LogP contribution in [0.25, 0.3) is 0 Å². The Balaban J connectivity index is 2.19. The molecule has 2 aromatic heterocycles. The van der Waals surface area contributed by atoms with Crippen molar-refractivity contribution in [2.24, 2.45) is 7.05 Å². The molecule has 0 atom stereocenters. The summed E-state index contributed by atoms with van der Waals surface area (Å²) < 4.78 is 1.55. The first kappa shape index (κ1) is 11.1. The van der Waals surface area contributed by atoms with Crippen LogP contribution in [0.2, 0.25) is 0 Å². The van der Waals surface area contributed by atoms with Gasteiger partial charge in [0.1, 0.15) is 11.5 Å². The molecule has 17 heavy (non-hydrogen) atoms. The molecular weight excluding hydrogens is 222 g/mol. The van der Waals surface area contributed by atoms with E-state index in [4.69, 9.17) is 0 Å². The molecule has 0 aliphatic rings. The summed E-state index contributed by atoms with van der Waals surface area (Å²) in [6.45, 7) is 1.83. The van der Waals surface area contributed by atoms with E-state index in [1.54, 1.807) is 17.8 Å². The summed E-state index contributed by atoms with van der Waals surface area (Å²) in [4.78, 5) is 22.5. The van der Waals surface area contributed by atoms with Crippen molar-refractivity contribution >= 4 is 11.7 Å². The van der Waals surface area contributed by atoms with E-state index in [0.29, 0.717) is 5.82 Å². The minimum Gasteiger partial charge on any atom is -0.305 e. The van der Waals surface area contributed by atoms with Gasteiger partial charge in [-0.1, -0.05) is 0 Å². The number of rotatable bonds is 2. The first-order valence-corrected chi connectivity index (χ1v) is 4.94. The molecule has 1 amide bonds. The van der Waals surface area contributed by atoms with Crippen LogP contribution in [-0.4, -0.2) is 25.9 Å². The van der Waals surface area contributed by atoms with Crippen LogP contribution >= 0.6 is 0 Å². The molecule has 0 aromatic carbocycles. The molecule has 0 saturated carbocycles. The molecule has 0 bridgehead atoms. The lowest BCUT2D eigenvalue weighted by molar-refractivity contribution is 0.102. The number of aryl methyl sites for hydroxylation is 2. The van der Waals surface area contributed by atoms with Crippen molar-refractivity contribution < 1.29 is 4.79 Å². The zero-order chi connectivity index (χ0) is 12.4. The number of nitrogens with zero attached hydrogens (tertiary/aromatic N) is 3. The molecule has 7 heteroatoms. The molecule has 88 valence electrons. The van der Waals surface area contributed by atoms with Crippen LogP contribution in [0.15, 0.2) is 23.0 Å². The molecule has 7 nitrogen and oxygen atoms in total. The lowest BCUT2D eigenvalue weighted by Crippen LogP contribution is -2.18. The predicted molar refractivity (Wildman–Crippen MR) is 60.8 cm³/mol. The summed E-state index contributed by atoms with van der Waals surface area (Å²) in [7, 11) is 1.73. The predicted octanol–water partition coefficient (Wildman–Crippen LogP) is 0.0641. The maximum atomic E-state index is 11.8. The van der Waals surface area contributed by atoms with Gasteiger partial charge in [0.15, 0.2) is 0 Å². The maximum Gasteiger partial charge on any atom is 0.277 e. The van der Waals surface area contributed by atoms with E-state index in [1.165, 1.54) is 12.1 Å². The number of amides is 1. The first-order valence-electron chi connectivity index (χ1n) is 4.94. The lowest BCUT2D eigenvalue weighted by Gasteiger charge is -2.03. The van der Waals surface area contributed by atoms with Gasteiger partial charge in [0.05, 0.1) is 5.69 Å². The van der Waals surface area contributed by atoms with E-state index in [-0.39, 0.29) is 11.3 Å².